The predicted octanol–water partition coefficient (Wildman–Crippen LogP) is 4.52. The lowest BCUT2D eigenvalue weighted by molar-refractivity contribution is -0.122. The van der Waals surface area contributed by atoms with E-state index in [9.17, 15) is 14.4 Å². The van der Waals surface area contributed by atoms with Crippen LogP contribution in [-0.2, 0) is 9.59 Å². The maximum Gasteiger partial charge on any atom is 0.335 e. The number of carbonyl (C=O) groups is 3. The Balaban J connectivity index is 1.74. The van der Waals surface area contributed by atoms with Gasteiger partial charge in [0.15, 0.2) is 0 Å². The Hall–Kier alpha value is -3.45. The van der Waals surface area contributed by atoms with Crippen molar-refractivity contribution in [1.82, 2.24) is 9.88 Å². The van der Waals surface area contributed by atoms with E-state index < -0.39 is 17.8 Å². The van der Waals surface area contributed by atoms with E-state index in [2.05, 4.69) is 21.2 Å². The molecule has 1 aliphatic rings. The van der Waals surface area contributed by atoms with E-state index in [-0.39, 0.29) is 5.57 Å². The molecule has 6 nitrogen and oxygen atoms in total. The van der Waals surface area contributed by atoms with Crippen molar-refractivity contribution in [3.63, 3.8) is 0 Å². The fourth-order valence-corrected chi connectivity index (χ4v) is 3.52. The van der Waals surface area contributed by atoms with E-state index in [1.165, 1.54) is 6.08 Å². The summed E-state index contributed by atoms with van der Waals surface area (Å²) in [6.45, 7) is 3.85. The Labute approximate surface area is 181 Å². The lowest BCUT2D eigenvalue weighted by atomic mass is 10.1. The highest BCUT2D eigenvalue weighted by atomic mass is 79.9. The highest BCUT2D eigenvalue weighted by Gasteiger charge is 2.37. The quantitative estimate of drug-likeness (QED) is 0.458. The first-order chi connectivity index (χ1) is 14.3. The van der Waals surface area contributed by atoms with Crippen molar-refractivity contribution in [1.29, 1.82) is 0 Å². The average molecular weight is 464 g/mol. The largest absolute Gasteiger partial charge is 0.335 e. The number of nitrogens with zero attached hydrogens (tertiary/aromatic N) is 2. The van der Waals surface area contributed by atoms with Crippen LogP contribution in [0.15, 0.2) is 70.8 Å². The molecule has 0 spiro atoms. The number of imide groups is 2. The standard InChI is InChI=1S/C23H18BrN3O3/c1-14-5-8-19(12-15(14)2)27-22(29)20(21(28)25-23(27)30)13-18-4-3-11-26(18)17-9-6-16(24)7-10-17/h3-13H,1-2H3,(H,25,28,30)/b20-13+. The number of barbiturate groups is 1. The number of hydrogen-bond donors (Lipinski definition) is 1. The second-order valence-corrected chi connectivity index (χ2v) is 7.92. The molecule has 30 heavy (non-hydrogen) atoms. The maximum absolute atomic E-state index is 13.1. The highest BCUT2D eigenvalue weighted by Crippen LogP contribution is 2.25. The number of benzene rings is 2. The number of aryl methyl sites for hydroxylation is 2. The van der Waals surface area contributed by atoms with Crippen LogP contribution >= 0.6 is 15.9 Å². The van der Waals surface area contributed by atoms with Crippen molar-refractivity contribution in [2.45, 2.75) is 13.8 Å². The van der Waals surface area contributed by atoms with Gasteiger partial charge in [0.05, 0.1) is 5.69 Å². The third-order valence-electron chi connectivity index (χ3n) is 5.03. The van der Waals surface area contributed by atoms with Crippen LogP contribution in [0.5, 0.6) is 0 Å². The molecular formula is C23H18BrN3O3. The van der Waals surface area contributed by atoms with E-state index in [1.54, 1.807) is 18.2 Å². The zero-order valence-corrected chi connectivity index (χ0v) is 17.9. The van der Waals surface area contributed by atoms with E-state index in [0.717, 1.165) is 26.2 Å². The minimum absolute atomic E-state index is 0.107. The van der Waals surface area contributed by atoms with E-state index in [0.29, 0.717) is 11.4 Å². The molecule has 3 aromatic rings. The molecule has 7 heteroatoms. The summed E-state index contributed by atoms with van der Waals surface area (Å²) in [6, 6.07) is 15.8. The molecule has 4 amide bonds. The van der Waals surface area contributed by atoms with Gasteiger partial charge >= 0.3 is 6.03 Å². The number of urea groups is 1. The van der Waals surface area contributed by atoms with Crippen LogP contribution in [-0.4, -0.2) is 22.4 Å². The van der Waals surface area contributed by atoms with Gasteiger partial charge in [-0.25, -0.2) is 9.69 Å². The summed E-state index contributed by atoms with van der Waals surface area (Å²) < 4.78 is 2.80. The molecule has 1 saturated heterocycles. The summed E-state index contributed by atoms with van der Waals surface area (Å²) >= 11 is 3.41. The minimum atomic E-state index is -0.756. The fourth-order valence-electron chi connectivity index (χ4n) is 3.25. The predicted molar refractivity (Wildman–Crippen MR) is 118 cm³/mol. The molecule has 1 aliphatic heterocycles. The van der Waals surface area contributed by atoms with Crippen LogP contribution in [0.3, 0.4) is 0 Å². The van der Waals surface area contributed by atoms with Crippen molar-refractivity contribution in [2.24, 2.45) is 0 Å². The smallest absolute Gasteiger partial charge is 0.317 e. The van der Waals surface area contributed by atoms with Gasteiger partial charge < -0.3 is 4.57 Å². The molecule has 0 aliphatic carbocycles. The van der Waals surface area contributed by atoms with Crippen LogP contribution in [0.2, 0.25) is 0 Å². The number of halogens is 1. The normalized spacial score (nSPS) is 15.6. The van der Waals surface area contributed by atoms with Crippen LogP contribution in [0.4, 0.5) is 10.5 Å². The average Bonchev–Trinajstić information content (AvgIpc) is 3.16. The van der Waals surface area contributed by atoms with Gasteiger partial charge in [-0.3, -0.25) is 14.9 Å². The third-order valence-corrected chi connectivity index (χ3v) is 5.56. The number of nitrogens with one attached hydrogen (secondary N) is 1. The van der Waals surface area contributed by atoms with E-state index in [1.807, 2.05) is 61.0 Å². The molecule has 2 aromatic carbocycles. The number of anilines is 1. The van der Waals surface area contributed by atoms with Gasteiger partial charge in [0, 0.05) is 22.1 Å². The van der Waals surface area contributed by atoms with Crippen LogP contribution in [0.25, 0.3) is 11.8 Å². The van der Waals surface area contributed by atoms with Gasteiger partial charge in [-0.2, -0.15) is 0 Å². The molecule has 0 bridgehead atoms. The third kappa shape index (κ3) is 3.59. The highest BCUT2D eigenvalue weighted by molar-refractivity contribution is 9.10. The molecule has 150 valence electrons. The molecule has 0 atom stereocenters. The molecule has 1 fully saturated rings. The minimum Gasteiger partial charge on any atom is -0.317 e. The summed E-state index contributed by atoms with van der Waals surface area (Å²) in [5.74, 6) is -1.37. The van der Waals surface area contributed by atoms with Crippen molar-refractivity contribution >= 4 is 45.5 Å². The Morgan fingerprint density at radius 1 is 0.900 bits per heavy atom. The van der Waals surface area contributed by atoms with Crippen LogP contribution < -0.4 is 10.2 Å². The van der Waals surface area contributed by atoms with Crippen LogP contribution in [0, 0.1) is 13.8 Å². The van der Waals surface area contributed by atoms with Gasteiger partial charge in [-0.1, -0.05) is 22.0 Å². The summed E-state index contributed by atoms with van der Waals surface area (Å²) in [5, 5.41) is 2.27. The summed E-state index contributed by atoms with van der Waals surface area (Å²) in [7, 11) is 0. The molecule has 0 radical (unpaired) electrons. The fraction of sp³-hybridized carbons (Fsp3) is 0.0870. The van der Waals surface area contributed by atoms with Crippen molar-refractivity contribution in [3.8, 4) is 5.69 Å². The second kappa shape index (κ2) is 7.76. The summed E-state index contributed by atoms with van der Waals surface area (Å²) in [4.78, 5) is 39.0. The Morgan fingerprint density at radius 2 is 1.60 bits per heavy atom. The summed E-state index contributed by atoms with van der Waals surface area (Å²) in [6.07, 6.45) is 3.34. The SMILES string of the molecule is Cc1ccc(N2C(=O)NC(=O)/C(=C\c3cccn3-c3ccc(Br)cc3)C2=O)cc1C. The zero-order chi connectivity index (χ0) is 21.4. The van der Waals surface area contributed by atoms with Gasteiger partial charge in [-0.05, 0) is 79.6 Å². The van der Waals surface area contributed by atoms with Gasteiger partial charge in [-0.15, -0.1) is 0 Å². The second-order valence-electron chi connectivity index (χ2n) is 7.01. The number of rotatable bonds is 3. The monoisotopic (exact) mass is 463 g/mol. The molecule has 4 rings (SSSR count). The Bertz CT molecular complexity index is 1210. The molecule has 1 N–H and O–H groups in total. The van der Waals surface area contributed by atoms with Crippen molar-refractivity contribution in [3.05, 3.63) is 87.7 Å². The first-order valence-corrected chi connectivity index (χ1v) is 10.1. The van der Waals surface area contributed by atoms with Crippen molar-refractivity contribution in [2.75, 3.05) is 4.90 Å². The Morgan fingerprint density at radius 3 is 2.30 bits per heavy atom. The van der Waals surface area contributed by atoms with Crippen molar-refractivity contribution < 1.29 is 14.4 Å². The molecule has 1 aromatic heterocycles. The molecule has 0 unspecified atom stereocenters. The topological polar surface area (TPSA) is 71.4 Å². The summed E-state index contributed by atoms with van der Waals surface area (Å²) in [5.41, 5.74) is 3.82. The molecular weight excluding hydrogens is 446 g/mol. The number of carbonyl (C=O) groups excluding carboxylic acids is 3. The maximum atomic E-state index is 13.1. The first kappa shape index (κ1) is 19.8. The van der Waals surface area contributed by atoms with Gasteiger partial charge in [0.25, 0.3) is 11.8 Å². The Kier molecular flexibility index (Phi) is 5.13. The van der Waals surface area contributed by atoms with E-state index in [4.69, 9.17) is 0 Å². The van der Waals surface area contributed by atoms with Gasteiger partial charge in [0.1, 0.15) is 5.57 Å². The first-order valence-electron chi connectivity index (χ1n) is 9.27. The number of aromatic nitrogens is 1. The molecule has 0 saturated carbocycles. The van der Waals surface area contributed by atoms with Crippen LogP contribution in [0.1, 0.15) is 16.8 Å². The van der Waals surface area contributed by atoms with E-state index >= 15 is 0 Å². The van der Waals surface area contributed by atoms with Gasteiger partial charge in [0.2, 0.25) is 0 Å². The number of amides is 4. The molecule has 2 heterocycles. The lowest BCUT2D eigenvalue weighted by Gasteiger charge is -2.27. The zero-order valence-electron chi connectivity index (χ0n) is 16.3. The number of hydrogen-bond acceptors (Lipinski definition) is 3. The lowest BCUT2D eigenvalue weighted by Crippen LogP contribution is -2.54.